The largest absolute Gasteiger partial charge is 0.382 e. The van der Waals surface area contributed by atoms with Gasteiger partial charge < -0.3 is 11.5 Å². The number of nitriles is 1. The molecule has 0 amide bonds. The molecular weight excluding hydrogens is 644 g/mol. The van der Waals surface area contributed by atoms with Crippen molar-refractivity contribution in [2.24, 2.45) is 20.5 Å². The molecule has 50 heavy (non-hydrogen) atoms. The lowest BCUT2D eigenvalue weighted by molar-refractivity contribution is 0.773. The minimum Gasteiger partial charge on any atom is -0.382 e. The van der Waals surface area contributed by atoms with Crippen LogP contribution in [0.1, 0.15) is 17.0 Å². The molecule has 0 aliphatic rings. The van der Waals surface area contributed by atoms with Crippen molar-refractivity contribution in [1.29, 1.82) is 5.26 Å². The van der Waals surface area contributed by atoms with Crippen molar-refractivity contribution in [2.45, 2.75) is 13.8 Å². The first kappa shape index (κ1) is 30.5. The molecule has 7 rings (SSSR count). The van der Waals surface area contributed by atoms with Gasteiger partial charge in [-0.15, -0.1) is 20.5 Å². The molecule has 0 bridgehead atoms. The highest BCUT2D eigenvalue weighted by Crippen LogP contribution is 2.35. The summed E-state index contributed by atoms with van der Waals surface area (Å²) in [5.74, 6) is 1.14. The van der Waals surface area contributed by atoms with Gasteiger partial charge in [0.25, 0.3) is 23.5 Å². The number of rotatable bonds is 8. The summed E-state index contributed by atoms with van der Waals surface area (Å²) < 4.78 is 5.21. The number of nitrogens with two attached hydrogens (primary N) is 2. The third-order valence-electron chi connectivity index (χ3n) is 6.84. The van der Waals surface area contributed by atoms with Crippen molar-refractivity contribution in [1.82, 2.24) is 69.0 Å². The lowest BCUT2D eigenvalue weighted by Crippen LogP contribution is -2.10. The minimum atomic E-state index is 0.0673. The standard InChI is InChI=1S/C28H20N22/c1-15-20(42-44-25-18(32-3)14-39-50(25)27-35-9-5-10-36-27)22(30)47(45-15)19-6-11-37-28(40-19)48-23(31)21(16(2)46-48)41-43-24-17(12-29)13-38-49(24)26-33-7-4-8-34-26/h4-11,13-14H,30-31H2,1-2H3. The van der Waals surface area contributed by atoms with E-state index in [1.54, 1.807) is 32.0 Å². The number of nitrogens with zero attached hydrogens (tertiary/aromatic N) is 20. The molecule has 242 valence electrons. The highest BCUT2D eigenvalue weighted by Gasteiger charge is 2.21. The van der Waals surface area contributed by atoms with Gasteiger partial charge in [-0.25, -0.2) is 29.8 Å². The van der Waals surface area contributed by atoms with Gasteiger partial charge in [-0.2, -0.15) is 49.4 Å². The van der Waals surface area contributed by atoms with Crippen molar-refractivity contribution < 1.29 is 0 Å². The summed E-state index contributed by atoms with van der Waals surface area (Å²) in [6, 6.07) is 6.91. The van der Waals surface area contributed by atoms with E-state index in [2.05, 4.69) is 75.6 Å². The molecule has 0 aliphatic heterocycles. The van der Waals surface area contributed by atoms with Crippen LogP contribution in [0.15, 0.2) is 82.0 Å². The van der Waals surface area contributed by atoms with Crippen molar-refractivity contribution in [3.05, 3.63) is 89.9 Å². The molecule has 22 heteroatoms. The first-order chi connectivity index (χ1) is 24.4. The Labute approximate surface area is 280 Å². The average molecular weight is 665 g/mol. The van der Waals surface area contributed by atoms with Gasteiger partial charge in [0.05, 0.1) is 30.4 Å². The molecule has 0 unspecified atom stereocenters. The van der Waals surface area contributed by atoms with Gasteiger partial charge in [0.1, 0.15) is 11.6 Å². The monoisotopic (exact) mass is 664 g/mol. The van der Waals surface area contributed by atoms with E-state index in [4.69, 9.17) is 18.0 Å². The second-order valence-electron chi connectivity index (χ2n) is 9.96. The van der Waals surface area contributed by atoms with Crippen LogP contribution in [0.25, 0.3) is 28.5 Å². The molecule has 22 nitrogen and oxygen atoms in total. The summed E-state index contributed by atoms with van der Waals surface area (Å²) >= 11 is 0. The first-order valence-electron chi connectivity index (χ1n) is 14.2. The second-order valence-corrected chi connectivity index (χ2v) is 9.96. The molecule has 0 atom stereocenters. The molecule has 7 aromatic rings. The van der Waals surface area contributed by atoms with Crippen molar-refractivity contribution in [2.75, 3.05) is 11.5 Å². The number of azo groups is 2. The lowest BCUT2D eigenvalue weighted by atomic mass is 10.4. The van der Waals surface area contributed by atoms with E-state index in [1.165, 1.54) is 62.1 Å². The maximum Gasteiger partial charge on any atom is 0.254 e. The Morgan fingerprint density at radius 2 is 1.24 bits per heavy atom. The van der Waals surface area contributed by atoms with Gasteiger partial charge in [-0.05, 0) is 26.0 Å². The van der Waals surface area contributed by atoms with Crippen molar-refractivity contribution in [3.8, 4) is 29.7 Å². The van der Waals surface area contributed by atoms with E-state index < -0.39 is 0 Å². The molecule has 0 saturated heterocycles. The van der Waals surface area contributed by atoms with Crippen LogP contribution in [0.4, 0.5) is 40.3 Å². The van der Waals surface area contributed by atoms with Crippen LogP contribution in [-0.4, -0.2) is 69.0 Å². The number of aryl methyl sites for hydroxylation is 2. The summed E-state index contributed by atoms with van der Waals surface area (Å²) in [7, 11) is 0. The zero-order chi connectivity index (χ0) is 34.8. The van der Waals surface area contributed by atoms with Gasteiger partial charge in [-0.1, -0.05) is 0 Å². The van der Waals surface area contributed by atoms with Crippen LogP contribution in [0.3, 0.4) is 0 Å². The van der Waals surface area contributed by atoms with E-state index in [1.807, 2.05) is 6.07 Å². The maximum atomic E-state index is 9.60. The number of aromatic nitrogens is 14. The Morgan fingerprint density at radius 3 is 1.86 bits per heavy atom. The van der Waals surface area contributed by atoms with Crippen LogP contribution in [-0.2, 0) is 0 Å². The summed E-state index contributed by atoms with van der Waals surface area (Å²) in [6.45, 7) is 10.9. The topological polar surface area (TPSA) is 278 Å². The SMILES string of the molecule is [C-]#[N+]c1cnn(-c2ncccn2)c1N=Nc1c(C)nn(-c2ccnc(-n3nc(C)c(N=Nc4c(C#N)cnn4-c4ncccn4)c3N)n2)c1N. The van der Waals surface area contributed by atoms with Crippen LogP contribution < -0.4 is 11.5 Å². The van der Waals surface area contributed by atoms with E-state index in [0.29, 0.717) is 11.4 Å². The van der Waals surface area contributed by atoms with Gasteiger partial charge >= 0.3 is 0 Å². The van der Waals surface area contributed by atoms with Crippen molar-refractivity contribution >= 4 is 40.3 Å². The minimum absolute atomic E-state index is 0.0673. The normalized spacial score (nSPS) is 11.4. The summed E-state index contributed by atoms with van der Waals surface area (Å²) in [6.07, 6.45) is 10.3. The highest BCUT2D eigenvalue weighted by atomic mass is 15.4. The molecule has 0 fully saturated rings. The van der Waals surface area contributed by atoms with Crippen molar-refractivity contribution in [3.63, 3.8) is 0 Å². The van der Waals surface area contributed by atoms with Gasteiger partial charge in [-0.3, -0.25) is 0 Å². The fraction of sp³-hybridized carbons (Fsp3) is 0.0714. The summed E-state index contributed by atoms with van der Waals surface area (Å²) in [4.78, 5) is 29.0. The zero-order valence-electron chi connectivity index (χ0n) is 25.9. The lowest BCUT2D eigenvalue weighted by Gasteiger charge is -2.06. The molecule has 0 radical (unpaired) electrons. The third-order valence-corrected chi connectivity index (χ3v) is 6.84. The van der Waals surface area contributed by atoms with Gasteiger partial charge in [0.15, 0.2) is 40.5 Å². The smallest absolute Gasteiger partial charge is 0.254 e. The Morgan fingerprint density at radius 1 is 0.700 bits per heavy atom. The summed E-state index contributed by atoms with van der Waals surface area (Å²) in [5.41, 5.74) is 14.5. The molecule has 4 N–H and O–H groups in total. The van der Waals surface area contributed by atoms with Crippen LogP contribution in [0.2, 0.25) is 0 Å². The van der Waals surface area contributed by atoms with Gasteiger partial charge in [0, 0.05) is 37.1 Å². The molecule has 0 saturated carbocycles. The highest BCUT2D eigenvalue weighted by molar-refractivity contribution is 5.66. The van der Waals surface area contributed by atoms with Crippen LogP contribution in [0, 0.1) is 31.8 Å². The van der Waals surface area contributed by atoms with Gasteiger partial charge in [0.2, 0.25) is 0 Å². The first-order valence-corrected chi connectivity index (χ1v) is 14.2. The molecule has 0 spiro atoms. The number of nitrogen functional groups attached to an aromatic ring is 2. The number of anilines is 2. The molecule has 7 heterocycles. The third kappa shape index (κ3) is 5.37. The summed E-state index contributed by atoms with van der Waals surface area (Å²) in [5, 5.41) is 43.9. The fourth-order valence-electron chi connectivity index (χ4n) is 4.52. The zero-order valence-corrected chi connectivity index (χ0v) is 25.9. The predicted octanol–water partition coefficient (Wildman–Crippen LogP) is 3.83. The van der Waals surface area contributed by atoms with E-state index in [-0.39, 0.29) is 69.6 Å². The molecule has 0 aliphatic carbocycles. The quantitative estimate of drug-likeness (QED) is 0.173. The second kappa shape index (κ2) is 12.6. The average Bonchev–Trinajstić information content (AvgIpc) is 3.90. The Hall–Kier alpha value is -8.14. The van der Waals surface area contributed by atoms with E-state index >= 15 is 0 Å². The molecular formula is C28H20N22. The Balaban J connectivity index is 1.20. The Kier molecular flexibility index (Phi) is 7.67. The van der Waals surface area contributed by atoms with E-state index in [9.17, 15) is 5.26 Å². The predicted molar refractivity (Wildman–Crippen MR) is 172 cm³/mol. The van der Waals surface area contributed by atoms with E-state index in [0.717, 1.165) is 0 Å². The Bertz CT molecular complexity index is 2330. The maximum absolute atomic E-state index is 9.60. The fourth-order valence-corrected chi connectivity index (χ4v) is 4.52. The number of hydrogen-bond donors (Lipinski definition) is 2. The van der Waals surface area contributed by atoms with Crippen LogP contribution >= 0.6 is 0 Å². The molecule has 7 aromatic heterocycles. The van der Waals surface area contributed by atoms with Crippen LogP contribution in [0.5, 0.6) is 0 Å². The number of hydrogen-bond acceptors (Lipinski definition) is 17. The molecule has 0 aromatic carbocycles.